The second-order valence-electron chi connectivity index (χ2n) is 5.72. The zero-order valence-electron chi connectivity index (χ0n) is 11.8. The molecule has 1 aliphatic carbocycles. The number of nitrogens with zero attached hydrogens (tertiary/aromatic N) is 2. The Balaban J connectivity index is 2.15. The van der Waals surface area contributed by atoms with Crippen molar-refractivity contribution in [2.45, 2.75) is 45.7 Å². The Morgan fingerprint density at radius 1 is 1.39 bits per heavy atom. The maximum absolute atomic E-state index is 6.01. The summed E-state index contributed by atoms with van der Waals surface area (Å²) < 4.78 is 0. The van der Waals surface area contributed by atoms with Gasteiger partial charge in [0.25, 0.3) is 0 Å². The molecule has 18 heavy (non-hydrogen) atoms. The van der Waals surface area contributed by atoms with Crippen LogP contribution in [0.3, 0.4) is 0 Å². The Kier molecular flexibility index (Phi) is 4.36. The molecule has 1 atom stereocenters. The van der Waals surface area contributed by atoms with Crippen LogP contribution in [0, 0.1) is 12.8 Å². The quantitative estimate of drug-likeness (QED) is 0.840. The van der Waals surface area contributed by atoms with E-state index in [9.17, 15) is 0 Å². The van der Waals surface area contributed by atoms with Crippen molar-refractivity contribution in [2.75, 3.05) is 13.1 Å². The van der Waals surface area contributed by atoms with E-state index in [4.69, 9.17) is 5.73 Å². The first-order chi connectivity index (χ1) is 8.61. The van der Waals surface area contributed by atoms with E-state index in [2.05, 4.69) is 35.9 Å². The molecule has 1 unspecified atom stereocenters. The molecule has 0 aliphatic heterocycles. The summed E-state index contributed by atoms with van der Waals surface area (Å²) in [6.07, 6.45) is 4.74. The first-order valence-corrected chi connectivity index (χ1v) is 7.00. The molecular weight excluding hydrogens is 222 g/mol. The van der Waals surface area contributed by atoms with E-state index >= 15 is 0 Å². The van der Waals surface area contributed by atoms with E-state index < -0.39 is 0 Å². The van der Waals surface area contributed by atoms with Crippen LogP contribution in [0.4, 0.5) is 0 Å². The molecule has 0 aromatic carbocycles. The number of hydrogen-bond donors (Lipinski definition) is 1. The van der Waals surface area contributed by atoms with E-state index in [1.807, 2.05) is 13.1 Å². The normalized spacial score (nSPS) is 17.4. The van der Waals surface area contributed by atoms with Gasteiger partial charge in [0.1, 0.15) is 0 Å². The van der Waals surface area contributed by atoms with E-state index in [0.717, 1.165) is 11.6 Å². The Hall–Kier alpha value is -0.930. The van der Waals surface area contributed by atoms with Crippen molar-refractivity contribution in [2.24, 2.45) is 11.7 Å². The van der Waals surface area contributed by atoms with Gasteiger partial charge in [-0.15, -0.1) is 0 Å². The molecule has 1 heterocycles. The van der Waals surface area contributed by atoms with Gasteiger partial charge in [-0.1, -0.05) is 6.07 Å². The summed E-state index contributed by atoms with van der Waals surface area (Å²) in [7, 11) is 0. The molecule has 3 heteroatoms. The van der Waals surface area contributed by atoms with Gasteiger partial charge in [-0.2, -0.15) is 0 Å². The molecule has 100 valence electrons. The van der Waals surface area contributed by atoms with Crippen LogP contribution >= 0.6 is 0 Å². The zero-order chi connectivity index (χ0) is 13.1. The standard InChI is InChI=1S/C15H25N3/c1-11(2)18(10-13-5-6-13)15(8-16)14-7-4-12(3)17-9-14/h4,7,9,11,13,15H,5-6,8,10,16H2,1-3H3. The first-order valence-electron chi connectivity index (χ1n) is 7.00. The van der Waals surface area contributed by atoms with Crippen molar-refractivity contribution in [1.82, 2.24) is 9.88 Å². The van der Waals surface area contributed by atoms with Crippen LogP contribution in [0.25, 0.3) is 0 Å². The fourth-order valence-corrected chi connectivity index (χ4v) is 2.44. The van der Waals surface area contributed by atoms with Gasteiger partial charge in [-0.25, -0.2) is 0 Å². The summed E-state index contributed by atoms with van der Waals surface area (Å²) in [5.41, 5.74) is 8.32. The van der Waals surface area contributed by atoms with Crippen molar-refractivity contribution < 1.29 is 0 Å². The van der Waals surface area contributed by atoms with Gasteiger partial charge >= 0.3 is 0 Å². The minimum absolute atomic E-state index is 0.304. The third-order valence-corrected chi connectivity index (χ3v) is 3.77. The Bertz CT molecular complexity index is 368. The predicted octanol–water partition coefficient (Wildman–Crippen LogP) is 2.51. The summed E-state index contributed by atoms with van der Waals surface area (Å²) in [6, 6.07) is 5.08. The molecule has 1 aromatic rings. The molecule has 0 radical (unpaired) electrons. The third kappa shape index (κ3) is 3.30. The summed E-state index contributed by atoms with van der Waals surface area (Å²) in [5, 5.41) is 0. The lowest BCUT2D eigenvalue weighted by molar-refractivity contribution is 0.149. The van der Waals surface area contributed by atoms with Crippen LogP contribution in [0.2, 0.25) is 0 Å². The Labute approximate surface area is 110 Å². The van der Waals surface area contributed by atoms with Crippen LogP contribution in [-0.4, -0.2) is 29.0 Å². The molecule has 2 rings (SSSR count). The lowest BCUT2D eigenvalue weighted by Gasteiger charge is -2.34. The fourth-order valence-electron chi connectivity index (χ4n) is 2.44. The van der Waals surface area contributed by atoms with Gasteiger partial charge in [-0.3, -0.25) is 9.88 Å². The van der Waals surface area contributed by atoms with Crippen molar-refractivity contribution >= 4 is 0 Å². The van der Waals surface area contributed by atoms with E-state index in [0.29, 0.717) is 18.6 Å². The van der Waals surface area contributed by atoms with Crippen molar-refractivity contribution in [3.05, 3.63) is 29.6 Å². The van der Waals surface area contributed by atoms with Crippen molar-refractivity contribution in [1.29, 1.82) is 0 Å². The molecule has 0 saturated heterocycles. The molecule has 0 amide bonds. The van der Waals surface area contributed by atoms with E-state index in [-0.39, 0.29) is 0 Å². The minimum atomic E-state index is 0.304. The number of rotatable bonds is 6. The Morgan fingerprint density at radius 2 is 2.11 bits per heavy atom. The molecule has 2 N–H and O–H groups in total. The molecule has 1 aromatic heterocycles. The number of pyridine rings is 1. The molecule has 1 fully saturated rings. The zero-order valence-corrected chi connectivity index (χ0v) is 11.8. The largest absolute Gasteiger partial charge is 0.329 e. The second kappa shape index (κ2) is 5.81. The van der Waals surface area contributed by atoms with Gasteiger partial charge in [-0.05, 0) is 51.2 Å². The van der Waals surface area contributed by atoms with E-state index in [1.54, 1.807) is 0 Å². The Morgan fingerprint density at radius 3 is 2.56 bits per heavy atom. The van der Waals surface area contributed by atoms with Crippen molar-refractivity contribution in [3.8, 4) is 0 Å². The topological polar surface area (TPSA) is 42.1 Å². The molecule has 0 bridgehead atoms. The van der Waals surface area contributed by atoms with Gasteiger partial charge in [0.2, 0.25) is 0 Å². The lowest BCUT2D eigenvalue weighted by Crippen LogP contribution is -2.40. The molecule has 0 spiro atoms. The maximum atomic E-state index is 6.01. The number of aryl methyl sites for hydroxylation is 1. The predicted molar refractivity (Wildman–Crippen MR) is 75.3 cm³/mol. The van der Waals surface area contributed by atoms with Crippen LogP contribution in [0.1, 0.15) is 44.0 Å². The number of hydrogen-bond acceptors (Lipinski definition) is 3. The van der Waals surface area contributed by atoms with Crippen molar-refractivity contribution in [3.63, 3.8) is 0 Å². The lowest BCUT2D eigenvalue weighted by atomic mass is 10.0. The van der Waals surface area contributed by atoms with E-state index in [1.165, 1.54) is 24.9 Å². The molecule has 3 nitrogen and oxygen atoms in total. The number of nitrogens with two attached hydrogens (primary N) is 1. The first kappa shape index (κ1) is 13.5. The summed E-state index contributed by atoms with van der Waals surface area (Å²) in [6.45, 7) is 8.37. The minimum Gasteiger partial charge on any atom is -0.329 e. The van der Waals surface area contributed by atoms with Gasteiger partial charge in [0, 0.05) is 37.1 Å². The second-order valence-corrected chi connectivity index (χ2v) is 5.72. The summed E-state index contributed by atoms with van der Waals surface area (Å²) >= 11 is 0. The highest BCUT2D eigenvalue weighted by molar-refractivity contribution is 5.18. The average molecular weight is 247 g/mol. The number of aromatic nitrogens is 1. The highest BCUT2D eigenvalue weighted by atomic mass is 15.2. The van der Waals surface area contributed by atoms with Crippen LogP contribution in [0.15, 0.2) is 18.3 Å². The van der Waals surface area contributed by atoms with Gasteiger partial charge in [0.05, 0.1) is 0 Å². The third-order valence-electron chi connectivity index (χ3n) is 3.77. The average Bonchev–Trinajstić information content (AvgIpc) is 3.15. The maximum Gasteiger partial charge on any atom is 0.0488 e. The molecule has 1 saturated carbocycles. The smallest absolute Gasteiger partial charge is 0.0488 e. The van der Waals surface area contributed by atoms with Gasteiger partial charge < -0.3 is 5.73 Å². The summed E-state index contributed by atoms with van der Waals surface area (Å²) in [4.78, 5) is 6.93. The summed E-state index contributed by atoms with van der Waals surface area (Å²) in [5.74, 6) is 0.889. The van der Waals surface area contributed by atoms with Crippen LogP contribution in [0.5, 0.6) is 0 Å². The SMILES string of the molecule is Cc1ccc(C(CN)N(CC2CC2)C(C)C)cn1. The highest BCUT2D eigenvalue weighted by Crippen LogP contribution is 2.33. The molecular formula is C15H25N3. The molecule has 1 aliphatic rings. The van der Waals surface area contributed by atoms with Crippen LogP contribution < -0.4 is 5.73 Å². The van der Waals surface area contributed by atoms with Crippen LogP contribution in [-0.2, 0) is 0 Å². The highest BCUT2D eigenvalue weighted by Gasteiger charge is 2.29. The fraction of sp³-hybridized carbons (Fsp3) is 0.667. The van der Waals surface area contributed by atoms with Gasteiger partial charge in [0.15, 0.2) is 0 Å². The monoisotopic (exact) mass is 247 g/mol.